The molecule has 9 nitrogen and oxygen atoms in total. The first-order valence-electron chi connectivity index (χ1n) is 9.04. The lowest BCUT2D eigenvalue weighted by atomic mass is 10.2. The number of hydrogen-bond acceptors (Lipinski definition) is 7. The Morgan fingerprint density at radius 3 is 2.19 bits per heavy atom. The van der Waals surface area contributed by atoms with Crippen molar-refractivity contribution in [1.29, 1.82) is 0 Å². The molecule has 0 radical (unpaired) electrons. The van der Waals surface area contributed by atoms with Crippen molar-refractivity contribution in [2.24, 2.45) is 5.14 Å². The number of benzene rings is 2. The van der Waals surface area contributed by atoms with Gasteiger partial charge in [-0.25, -0.2) is 13.6 Å². The third-order valence-corrected chi connectivity index (χ3v) is 5.36. The molecule has 6 N–H and O–H groups in total. The minimum atomic E-state index is -3.78. The van der Waals surface area contributed by atoms with E-state index < -0.39 is 21.3 Å². The summed E-state index contributed by atoms with van der Waals surface area (Å²) in [5.74, 6) is -0.888. The van der Waals surface area contributed by atoms with Crippen LogP contribution >= 0.6 is 24.8 Å². The van der Waals surface area contributed by atoms with Gasteiger partial charge >= 0.3 is 0 Å². The largest absolute Gasteiger partial charge is 0.373 e. The van der Waals surface area contributed by atoms with Gasteiger partial charge in [0.05, 0.1) is 16.7 Å². The molecule has 0 aliphatic rings. The zero-order valence-electron chi connectivity index (χ0n) is 16.6. The molecule has 0 aliphatic heterocycles. The molecule has 0 aromatic heterocycles. The Kier molecular flexibility index (Phi) is 8.80. The number of Topliss-reactive ketones (excluding diaryl/α,β-unsaturated/α-hetero) is 1. The third kappa shape index (κ3) is 8.92. The Balaban J connectivity index is 1.72. The number of amides is 1. The summed E-state index contributed by atoms with van der Waals surface area (Å²) >= 11 is 9.37. The Hall–Kier alpha value is -2.67. The predicted molar refractivity (Wildman–Crippen MR) is 127 cm³/mol. The number of anilines is 2. The van der Waals surface area contributed by atoms with Crippen molar-refractivity contribution in [3.05, 3.63) is 54.1 Å². The molecule has 12 heteroatoms. The number of nitrogens with two attached hydrogens (primary N) is 1. The lowest BCUT2D eigenvalue weighted by Crippen LogP contribution is -2.44. The van der Waals surface area contributed by atoms with Crippen molar-refractivity contribution in [1.82, 2.24) is 10.9 Å². The van der Waals surface area contributed by atoms with E-state index in [0.717, 1.165) is 11.3 Å². The van der Waals surface area contributed by atoms with Crippen LogP contribution in [0.1, 0.15) is 18.4 Å². The topological polar surface area (TPSA) is 142 Å². The summed E-state index contributed by atoms with van der Waals surface area (Å²) in [7, 11) is -3.78. The fourth-order valence-electron chi connectivity index (χ4n) is 2.42. The van der Waals surface area contributed by atoms with Gasteiger partial charge in [-0.3, -0.25) is 20.4 Å². The number of nitrogens with one attached hydrogen (secondary N) is 4. The van der Waals surface area contributed by atoms with Gasteiger partial charge in [-0.1, -0.05) is 17.7 Å². The van der Waals surface area contributed by atoms with Crippen LogP contribution in [0.15, 0.2) is 53.4 Å². The molecule has 0 saturated heterocycles. The van der Waals surface area contributed by atoms with Gasteiger partial charge in [0, 0.05) is 17.8 Å². The molecule has 1 atom stereocenters. The van der Waals surface area contributed by atoms with Gasteiger partial charge in [0.1, 0.15) is 5.78 Å². The van der Waals surface area contributed by atoms with Crippen LogP contribution < -0.4 is 26.6 Å². The lowest BCUT2D eigenvalue weighted by Gasteiger charge is -2.14. The maximum absolute atomic E-state index is 12.1. The number of primary sulfonamides is 1. The number of sulfonamides is 1. The smallest absolute Gasteiger partial charge is 0.245 e. The van der Waals surface area contributed by atoms with E-state index in [0.29, 0.717) is 5.69 Å². The Bertz CT molecular complexity index is 1040. The highest BCUT2D eigenvalue weighted by Crippen LogP contribution is 2.16. The third-order valence-electron chi connectivity index (χ3n) is 3.92. The number of hydrogen-bond donors (Lipinski definition) is 6. The monoisotopic (exact) mass is 481 g/mol. The van der Waals surface area contributed by atoms with Crippen LogP contribution in [0.5, 0.6) is 0 Å². The van der Waals surface area contributed by atoms with Gasteiger partial charge in [0.25, 0.3) is 0 Å². The molecule has 0 aliphatic carbocycles. The number of carbonyl (C=O) groups excluding carboxylic acids is 2. The van der Waals surface area contributed by atoms with Crippen LogP contribution in [-0.4, -0.2) is 30.6 Å². The molecule has 1 unspecified atom stereocenters. The molecule has 2 aromatic carbocycles. The maximum Gasteiger partial charge on any atom is 0.245 e. The molecule has 0 heterocycles. The van der Waals surface area contributed by atoms with Crippen LogP contribution in [0.4, 0.5) is 11.4 Å². The minimum Gasteiger partial charge on any atom is -0.373 e. The maximum atomic E-state index is 12.1. The van der Waals surface area contributed by atoms with E-state index >= 15 is 0 Å². The van der Waals surface area contributed by atoms with Gasteiger partial charge in [0.15, 0.2) is 5.11 Å². The van der Waals surface area contributed by atoms with Gasteiger partial charge in [-0.2, -0.15) is 12.6 Å². The van der Waals surface area contributed by atoms with Gasteiger partial charge in [-0.15, -0.1) is 0 Å². The quantitative estimate of drug-likeness (QED) is 0.110. The molecule has 0 saturated carbocycles. The summed E-state index contributed by atoms with van der Waals surface area (Å²) in [6.45, 7) is 1.96. The predicted octanol–water partition coefficient (Wildman–Crippen LogP) is 1.68. The second-order valence-corrected chi connectivity index (χ2v) is 9.24. The van der Waals surface area contributed by atoms with E-state index in [-0.39, 0.29) is 28.6 Å². The van der Waals surface area contributed by atoms with E-state index in [2.05, 4.69) is 34.1 Å². The molecular formula is C19H23N5O4S3. The standard InChI is InChI=1S/C19H23N5O4S3/c1-12-2-4-14(5-3-12)22-19(30)24-23-17(26)10-15(25)11-18(29)21-13-6-8-16(9-7-13)31(20,27)28/h2-9,18,21,29H,10-11H2,1H3,(H,23,26)(H2,20,27,28)(H2,22,24,30). The highest BCUT2D eigenvalue weighted by molar-refractivity contribution is 7.89. The van der Waals surface area contributed by atoms with Gasteiger partial charge in [0.2, 0.25) is 15.9 Å². The van der Waals surface area contributed by atoms with Crippen molar-refractivity contribution < 1.29 is 18.0 Å². The second-order valence-electron chi connectivity index (χ2n) is 6.64. The minimum absolute atomic E-state index is 0.0243. The molecule has 31 heavy (non-hydrogen) atoms. The van der Waals surface area contributed by atoms with Crippen molar-refractivity contribution in [3.8, 4) is 0 Å². The molecule has 166 valence electrons. The number of aryl methyl sites for hydroxylation is 1. The number of thiol groups is 1. The molecule has 2 aromatic rings. The van der Waals surface area contributed by atoms with Crippen molar-refractivity contribution in [2.75, 3.05) is 10.6 Å². The zero-order chi connectivity index (χ0) is 23.0. The average Bonchev–Trinajstić information content (AvgIpc) is 2.67. The molecule has 2 rings (SSSR count). The highest BCUT2D eigenvalue weighted by atomic mass is 32.2. The Morgan fingerprint density at radius 2 is 1.61 bits per heavy atom. The first-order chi connectivity index (χ1) is 14.5. The van der Waals surface area contributed by atoms with Gasteiger partial charge in [-0.05, 0) is 55.5 Å². The average molecular weight is 482 g/mol. The van der Waals surface area contributed by atoms with Crippen molar-refractivity contribution in [2.45, 2.75) is 30.0 Å². The highest BCUT2D eigenvalue weighted by Gasteiger charge is 2.15. The summed E-state index contributed by atoms with van der Waals surface area (Å²) in [6.07, 6.45) is -0.386. The SMILES string of the molecule is Cc1ccc(NC(=S)NNC(=O)CC(=O)CC(S)Nc2ccc(S(N)(=O)=O)cc2)cc1. The first kappa shape index (κ1) is 24.6. The van der Waals surface area contributed by atoms with Crippen LogP contribution in [0.2, 0.25) is 0 Å². The summed E-state index contributed by atoms with van der Waals surface area (Å²) in [6, 6.07) is 13.2. The molecule has 1 amide bonds. The van der Waals surface area contributed by atoms with Gasteiger partial charge < -0.3 is 10.6 Å². The van der Waals surface area contributed by atoms with E-state index in [4.69, 9.17) is 17.4 Å². The summed E-state index contributed by atoms with van der Waals surface area (Å²) in [4.78, 5) is 24.0. The Labute approximate surface area is 191 Å². The summed E-state index contributed by atoms with van der Waals surface area (Å²) in [5.41, 5.74) is 7.32. The fourth-order valence-corrected chi connectivity index (χ4v) is 3.46. The Morgan fingerprint density at radius 1 is 1.03 bits per heavy atom. The van der Waals surface area contributed by atoms with Crippen molar-refractivity contribution in [3.63, 3.8) is 0 Å². The van der Waals surface area contributed by atoms with E-state index in [1.807, 2.05) is 31.2 Å². The molecule has 0 fully saturated rings. The molecule has 0 bridgehead atoms. The number of thiocarbonyl (C=S) groups is 1. The van der Waals surface area contributed by atoms with Crippen LogP contribution in [0, 0.1) is 6.92 Å². The van der Waals surface area contributed by atoms with Crippen LogP contribution in [0.3, 0.4) is 0 Å². The lowest BCUT2D eigenvalue weighted by molar-refractivity contribution is -0.128. The van der Waals surface area contributed by atoms with Crippen molar-refractivity contribution >= 4 is 63.0 Å². The summed E-state index contributed by atoms with van der Waals surface area (Å²) in [5, 5.41) is 10.5. The van der Waals surface area contributed by atoms with E-state index in [1.165, 1.54) is 24.3 Å². The zero-order valence-corrected chi connectivity index (χ0v) is 19.1. The van der Waals surface area contributed by atoms with E-state index in [1.54, 1.807) is 0 Å². The van der Waals surface area contributed by atoms with Crippen LogP contribution in [0.25, 0.3) is 0 Å². The number of carbonyl (C=O) groups is 2. The number of hydrazine groups is 1. The summed E-state index contributed by atoms with van der Waals surface area (Å²) < 4.78 is 22.5. The van der Waals surface area contributed by atoms with E-state index in [9.17, 15) is 18.0 Å². The number of ketones is 1. The normalized spacial score (nSPS) is 11.8. The van der Waals surface area contributed by atoms with Crippen LogP contribution in [-0.2, 0) is 19.6 Å². The second kappa shape index (κ2) is 11.1. The number of rotatable bonds is 8. The molecule has 0 spiro atoms. The first-order valence-corrected chi connectivity index (χ1v) is 11.5. The fraction of sp³-hybridized carbons (Fsp3) is 0.211. The molecular weight excluding hydrogens is 458 g/mol.